The molecule has 0 heterocycles. The molecule has 0 unspecified atom stereocenters. The summed E-state index contributed by atoms with van der Waals surface area (Å²) in [5, 5.41) is 0.231. The summed E-state index contributed by atoms with van der Waals surface area (Å²) in [5.74, 6) is 0. The molecule has 0 saturated heterocycles. The third-order valence-corrected chi connectivity index (χ3v) is 3.79. The minimum atomic E-state index is 0.231. The molecule has 0 aromatic heterocycles. The van der Waals surface area contributed by atoms with E-state index in [-0.39, 0.29) is 5.21 Å². The van der Waals surface area contributed by atoms with Gasteiger partial charge in [-0.15, -0.1) is 0 Å². The Kier molecular flexibility index (Phi) is 13.3. The van der Waals surface area contributed by atoms with Gasteiger partial charge in [0.1, 0.15) is 15.7 Å². The van der Waals surface area contributed by atoms with Crippen molar-refractivity contribution in [1.29, 1.82) is 0 Å². The van der Waals surface area contributed by atoms with E-state index >= 15 is 0 Å². The van der Waals surface area contributed by atoms with Gasteiger partial charge in [-0.25, -0.2) is 0 Å². The number of hydrogen-bond acceptors (Lipinski definition) is 0. The molecule has 0 spiro atoms. The van der Waals surface area contributed by atoms with Gasteiger partial charge in [0.25, 0.3) is 0 Å². The maximum atomic E-state index is 2.39. The fraction of sp³-hybridized carbons (Fsp3) is 0.778. The Morgan fingerprint density at radius 3 is 1.60 bits per heavy atom. The van der Waals surface area contributed by atoms with Crippen molar-refractivity contribution in [2.75, 3.05) is 0 Å². The first kappa shape index (κ1) is 19.6. The molecule has 0 atom stereocenters. The highest BCUT2D eigenvalue weighted by Crippen LogP contribution is 2.21. The van der Waals surface area contributed by atoms with Gasteiger partial charge in [-0.3, -0.25) is 0 Å². The Bertz CT molecular complexity index is 254. The van der Waals surface area contributed by atoms with Crippen molar-refractivity contribution in [3.63, 3.8) is 0 Å². The van der Waals surface area contributed by atoms with Gasteiger partial charge >= 0.3 is 0 Å². The minimum absolute atomic E-state index is 0.231. The Labute approximate surface area is 130 Å². The summed E-state index contributed by atoms with van der Waals surface area (Å²) in [6.45, 7) is 4.54. The predicted octanol–water partition coefficient (Wildman–Crippen LogP) is 4.81. The third kappa shape index (κ3) is 14.0. The Hall–Kier alpha value is -0.390. The van der Waals surface area contributed by atoms with E-state index in [4.69, 9.17) is 0 Å². The average Bonchev–Trinajstić information content (AvgIpc) is 2.41. The zero-order valence-corrected chi connectivity index (χ0v) is 14.6. The van der Waals surface area contributed by atoms with E-state index < -0.39 is 0 Å². The maximum Gasteiger partial charge on any atom is 0.108 e. The molecule has 0 saturated carbocycles. The van der Waals surface area contributed by atoms with Crippen LogP contribution in [0.4, 0.5) is 0 Å². The molecule has 0 aliphatic heterocycles. The van der Waals surface area contributed by atoms with E-state index in [1.807, 2.05) is 0 Å². The monoisotopic (exact) mass is 274 g/mol. The highest BCUT2D eigenvalue weighted by atomic mass is 14.0. The van der Waals surface area contributed by atoms with Crippen LogP contribution in [0.25, 0.3) is 0 Å². The van der Waals surface area contributed by atoms with Gasteiger partial charge in [0.05, 0.1) is 0 Å². The van der Waals surface area contributed by atoms with Crippen molar-refractivity contribution in [3.8, 4) is 0 Å². The lowest BCUT2D eigenvalue weighted by molar-refractivity contribution is 0.611. The van der Waals surface area contributed by atoms with Crippen molar-refractivity contribution in [1.82, 2.24) is 0 Å². The molecule has 0 bridgehead atoms. The van der Waals surface area contributed by atoms with Crippen LogP contribution in [0.3, 0.4) is 0 Å². The summed E-state index contributed by atoms with van der Waals surface area (Å²) in [6, 6.07) is 0. The second kappa shape index (κ2) is 13.6. The van der Waals surface area contributed by atoms with Crippen LogP contribution in [-0.2, 0) is 0 Å². The molecule has 0 aliphatic carbocycles. The third-order valence-electron chi connectivity index (χ3n) is 3.79. The number of allylic oxidation sites excluding steroid dienone is 4. The zero-order chi connectivity index (χ0) is 15.1. The van der Waals surface area contributed by atoms with Crippen LogP contribution in [0.1, 0.15) is 84.5 Å². The van der Waals surface area contributed by atoms with Crippen molar-refractivity contribution in [2.45, 2.75) is 89.7 Å². The first-order valence-corrected chi connectivity index (χ1v) is 8.97. The van der Waals surface area contributed by atoms with Gasteiger partial charge in [0.2, 0.25) is 0 Å². The summed E-state index contributed by atoms with van der Waals surface area (Å²) in [4.78, 5) is 0. The molecule has 114 valence electrons. The van der Waals surface area contributed by atoms with Crippen LogP contribution in [0.2, 0.25) is 5.21 Å². The summed E-state index contributed by atoms with van der Waals surface area (Å²) in [6.07, 6.45) is 24.4. The molecule has 0 rings (SSSR count). The smallest absolute Gasteiger partial charge is 0.0944 e. The lowest BCUT2D eigenvalue weighted by Gasteiger charge is -2.14. The van der Waals surface area contributed by atoms with Crippen LogP contribution in [0.5, 0.6) is 0 Å². The molecule has 0 nitrogen and oxygen atoms in total. The molecule has 2 heteroatoms. The molecular weight excluding hydrogens is 238 g/mol. The number of hydrogen-bond donors (Lipinski definition) is 0. The van der Waals surface area contributed by atoms with E-state index in [9.17, 15) is 0 Å². The van der Waals surface area contributed by atoms with Gasteiger partial charge in [-0.2, -0.15) is 0 Å². The van der Waals surface area contributed by atoms with Crippen LogP contribution < -0.4 is 0 Å². The number of unbranched alkanes of at least 4 members (excludes halogenated alkanes) is 9. The van der Waals surface area contributed by atoms with Crippen LogP contribution in [0.15, 0.2) is 24.3 Å². The normalized spacial score (nSPS) is 12.7. The Morgan fingerprint density at radius 1 is 0.650 bits per heavy atom. The summed E-state index contributed by atoms with van der Waals surface area (Å²) < 4.78 is 0. The van der Waals surface area contributed by atoms with Crippen LogP contribution in [-0.4, -0.2) is 15.7 Å². The van der Waals surface area contributed by atoms with Gasteiger partial charge in [0.15, 0.2) is 0 Å². The van der Waals surface area contributed by atoms with Gasteiger partial charge in [0, 0.05) is 0 Å². The molecule has 0 fully saturated rings. The highest BCUT2D eigenvalue weighted by Gasteiger charge is 2.08. The largest absolute Gasteiger partial charge is 0.108 e. The molecule has 0 aliphatic rings. The topological polar surface area (TPSA) is 0 Å². The van der Waals surface area contributed by atoms with E-state index in [1.165, 1.54) is 70.6 Å². The SMILES string of the molecule is BC(B)(/C=C\CCCCC)/C=C\CCCCCCCC. The highest BCUT2D eigenvalue weighted by molar-refractivity contribution is 6.42. The fourth-order valence-electron chi connectivity index (χ4n) is 2.38. The zero-order valence-electron chi connectivity index (χ0n) is 14.6. The van der Waals surface area contributed by atoms with Crippen molar-refractivity contribution in [3.05, 3.63) is 24.3 Å². The van der Waals surface area contributed by atoms with Gasteiger partial charge < -0.3 is 0 Å². The molecule has 0 amide bonds. The second-order valence-corrected chi connectivity index (χ2v) is 6.68. The summed E-state index contributed by atoms with van der Waals surface area (Å²) in [7, 11) is 4.61. The van der Waals surface area contributed by atoms with Crippen LogP contribution in [0, 0.1) is 0 Å². The van der Waals surface area contributed by atoms with E-state index in [0.29, 0.717) is 0 Å². The van der Waals surface area contributed by atoms with Gasteiger partial charge in [-0.1, -0.05) is 88.3 Å². The maximum absolute atomic E-state index is 2.39. The molecule has 0 aromatic rings. The van der Waals surface area contributed by atoms with E-state index in [1.54, 1.807) is 0 Å². The molecular formula is C18H36B2. The van der Waals surface area contributed by atoms with Gasteiger partial charge in [-0.05, 0) is 25.7 Å². The average molecular weight is 274 g/mol. The minimum Gasteiger partial charge on any atom is -0.0944 e. The van der Waals surface area contributed by atoms with Crippen molar-refractivity contribution in [2.24, 2.45) is 0 Å². The first-order chi connectivity index (χ1) is 9.62. The Morgan fingerprint density at radius 2 is 1.05 bits per heavy atom. The summed E-state index contributed by atoms with van der Waals surface area (Å²) >= 11 is 0. The first-order valence-electron chi connectivity index (χ1n) is 8.97. The second-order valence-electron chi connectivity index (χ2n) is 6.68. The molecule has 0 N–H and O–H groups in total. The van der Waals surface area contributed by atoms with Crippen LogP contribution >= 0.6 is 0 Å². The molecule has 0 radical (unpaired) electrons. The van der Waals surface area contributed by atoms with E-state index in [2.05, 4.69) is 53.8 Å². The summed E-state index contributed by atoms with van der Waals surface area (Å²) in [5.41, 5.74) is 0. The molecule has 0 aromatic carbocycles. The molecule has 20 heavy (non-hydrogen) atoms. The van der Waals surface area contributed by atoms with Crippen molar-refractivity contribution < 1.29 is 0 Å². The lowest BCUT2D eigenvalue weighted by atomic mass is 9.54. The number of rotatable bonds is 13. The quantitative estimate of drug-likeness (QED) is 0.257. The fourth-order valence-corrected chi connectivity index (χ4v) is 2.38. The van der Waals surface area contributed by atoms with Crippen molar-refractivity contribution >= 4 is 15.7 Å². The predicted molar refractivity (Wildman–Crippen MR) is 100 cm³/mol. The van der Waals surface area contributed by atoms with E-state index in [0.717, 1.165) is 0 Å². The lowest BCUT2D eigenvalue weighted by Crippen LogP contribution is -2.05. The Balaban J connectivity index is 3.64. The standard InChI is InChI=1S/C18H36B2/c1-3-5-7-9-10-11-13-15-17-18(19,20)16-14-12-8-6-4-2/h14-17H,3-13,19-20H2,1-2H3/b16-14-,17-15-.